The largest absolute Gasteiger partial charge is 3.00 e. The Morgan fingerprint density at radius 3 is 2.67 bits per heavy atom. The molecule has 1 aliphatic carbocycles. The van der Waals surface area contributed by atoms with Gasteiger partial charge >= 0.3 is 21.7 Å². The van der Waals surface area contributed by atoms with Crippen molar-refractivity contribution in [3.05, 3.63) is 48.1 Å². The Labute approximate surface area is 158 Å². The normalized spacial score (nSPS) is 21.0. The molecular formula is C16H14Cl3SiTi. The molecule has 5 heteroatoms. The summed E-state index contributed by atoms with van der Waals surface area (Å²) in [6, 6.07) is 10.1. The van der Waals surface area contributed by atoms with Gasteiger partial charge in [0.1, 0.15) is 7.38 Å². The van der Waals surface area contributed by atoms with Crippen LogP contribution in [0.5, 0.6) is 0 Å². The minimum atomic E-state index is -1.66. The summed E-state index contributed by atoms with van der Waals surface area (Å²) in [6.07, 6.45) is 7.67. The molecule has 0 N–H and O–H groups in total. The van der Waals surface area contributed by atoms with Gasteiger partial charge in [-0.05, 0) is 18.0 Å². The summed E-state index contributed by atoms with van der Waals surface area (Å²) >= 11 is 6.80. The minimum absolute atomic E-state index is 0. The molecule has 0 saturated heterocycles. The zero-order valence-electron chi connectivity index (χ0n) is 11.6. The quantitative estimate of drug-likeness (QED) is 0.304. The van der Waals surface area contributed by atoms with E-state index in [1.165, 1.54) is 32.3 Å². The van der Waals surface area contributed by atoms with E-state index in [-0.39, 0.29) is 46.5 Å². The molecule has 0 bridgehead atoms. The Morgan fingerprint density at radius 2 is 2.05 bits per heavy atom. The third-order valence-corrected chi connectivity index (χ3v) is 9.54. The van der Waals surface area contributed by atoms with Crippen LogP contribution in [-0.4, -0.2) is 7.38 Å². The Bertz CT molecular complexity index is 732. The predicted molar refractivity (Wildman–Crippen MR) is 82.6 cm³/mol. The van der Waals surface area contributed by atoms with E-state index in [9.17, 15) is 0 Å². The number of allylic oxidation sites excluding steroid dienone is 4. The molecule has 107 valence electrons. The van der Waals surface area contributed by atoms with E-state index in [1.54, 1.807) is 0 Å². The molecule has 2 aliphatic rings. The number of rotatable bonds is 2. The first-order valence-electron chi connectivity index (χ1n) is 6.54. The first-order chi connectivity index (χ1) is 8.75. The van der Waals surface area contributed by atoms with Crippen molar-refractivity contribution in [3.63, 3.8) is 0 Å². The average Bonchev–Trinajstić information content (AvgIpc) is 2.89. The number of benzene rings is 1. The van der Waals surface area contributed by atoms with Crippen molar-refractivity contribution in [1.82, 2.24) is 0 Å². The van der Waals surface area contributed by atoms with Gasteiger partial charge in [-0.1, -0.05) is 36.8 Å². The summed E-state index contributed by atoms with van der Waals surface area (Å²) in [5, 5.41) is 5.83. The molecule has 1 radical (unpaired) electrons. The fourth-order valence-electron chi connectivity index (χ4n) is 3.24. The minimum Gasteiger partial charge on any atom is -1.00 e. The Hall–Kier alpha value is 0.111. The molecule has 0 amide bonds. The molecule has 21 heavy (non-hydrogen) atoms. The third-order valence-electron chi connectivity index (χ3n) is 4.28. The van der Waals surface area contributed by atoms with Gasteiger partial charge in [-0.3, -0.25) is 0 Å². The SMILES string of the molecule is CC[Si]1(Cl)c2[cH-]c3cccc(C4=CC=CC4)c3c21.[Cl-].[Cl-].[Ti+3]. The molecule has 1 aliphatic heterocycles. The smallest absolute Gasteiger partial charge is 1.00 e. The van der Waals surface area contributed by atoms with E-state index in [4.69, 9.17) is 11.1 Å². The third kappa shape index (κ3) is 2.63. The Kier molecular flexibility index (Phi) is 6.11. The molecule has 0 spiro atoms. The fourth-order valence-corrected chi connectivity index (χ4v) is 7.45. The van der Waals surface area contributed by atoms with Crippen LogP contribution in [0, 0.1) is 0 Å². The number of fused-ring (bicyclic) bond motifs is 3. The summed E-state index contributed by atoms with van der Waals surface area (Å²) in [7, 11) is -1.66. The molecule has 0 saturated carbocycles. The maximum absolute atomic E-state index is 6.80. The predicted octanol–water partition coefficient (Wildman–Crippen LogP) is -2.46. The van der Waals surface area contributed by atoms with Crippen LogP contribution in [0.15, 0.2) is 42.5 Å². The maximum atomic E-state index is 6.80. The van der Waals surface area contributed by atoms with Gasteiger partial charge in [-0.15, -0.1) is 39.3 Å². The standard InChI is InChI=1S/C16H14ClSi.2ClH.Ti/c1-2-18(17)14-10-12-8-5-9-13(15(12)16(14)18)11-6-3-4-7-11;;;/h3-6,8-10H,2,7H2,1H3;2*1H;/q-1;;;+3/p-2. The van der Waals surface area contributed by atoms with E-state index in [1.807, 2.05) is 0 Å². The van der Waals surface area contributed by atoms with E-state index in [0.717, 1.165) is 12.5 Å². The second-order valence-electron chi connectivity index (χ2n) is 5.18. The maximum Gasteiger partial charge on any atom is 3.00 e. The van der Waals surface area contributed by atoms with Crippen molar-refractivity contribution in [1.29, 1.82) is 0 Å². The summed E-state index contributed by atoms with van der Waals surface area (Å²) < 4.78 is 0. The summed E-state index contributed by atoms with van der Waals surface area (Å²) in [6.45, 7) is 2.23. The van der Waals surface area contributed by atoms with Gasteiger partial charge in [-0.25, -0.2) is 0 Å². The molecule has 4 rings (SSSR count). The van der Waals surface area contributed by atoms with Crippen LogP contribution in [0.2, 0.25) is 6.04 Å². The zero-order chi connectivity index (χ0) is 12.3. The summed E-state index contributed by atoms with van der Waals surface area (Å²) in [5.41, 5.74) is 2.84. The van der Waals surface area contributed by atoms with Crippen molar-refractivity contribution < 1.29 is 46.5 Å². The van der Waals surface area contributed by atoms with Crippen LogP contribution in [0.4, 0.5) is 0 Å². The van der Waals surface area contributed by atoms with E-state index in [0.29, 0.717) is 0 Å². The topological polar surface area (TPSA) is 0 Å². The van der Waals surface area contributed by atoms with Gasteiger partial charge in [0.15, 0.2) is 0 Å². The number of hydrogen-bond acceptors (Lipinski definition) is 0. The second-order valence-corrected chi connectivity index (χ2v) is 10.5. The van der Waals surface area contributed by atoms with E-state index >= 15 is 0 Å². The molecule has 2 aromatic rings. The zero-order valence-corrected chi connectivity index (χ0v) is 16.4. The van der Waals surface area contributed by atoms with Crippen LogP contribution in [0.3, 0.4) is 0 Å². The van der Waals surface area contributed by atoms with Crippen LogP contribution >= 0.6 is 11.1 Å². The first kappa shape index (κ1) is 19.2. The van der Waals surface area contributed by atoms with Crippen molar-refractivity contribution in [2.75, 3.05) is 0 Å². The van der Waals surface area contributed by atoms with Gasteiger partial charge in [0, 0.05) is 0 Å². The van der Waals surface area contributed by atoms with Crippen molar-refractivity contribution >= 4 is 45.2 Å². The number of hydrogen-bond donors (Lipinski definition) is 0. The summed E-state index contributed by atoms with van der Waals surface area (Å²) in [4.78, 5) is 0. The van der Waals surface area contributed by atoms with Crippen LogP contribution in [-0.2, 0) is 21.7 Å². The van der Waals surface area contributed by atoms with Crippen molar-refractivity contribution in [2.24, 2.45) is 0 Å². The van der Waals surface area contributed by atoms with Gasteiger partial charge < -0.3 is 24.8 Å². The van der Waals surface area contributed by atoms with Gasteiger partial charge in [0.2, 0.25) is 0 Å². The van der Waals surface area contributed by atoms with Crippen LogP contribution in [0.25, 0.3) is 16.3 Å². The van der Waals surface area contributed by atoms with Gasteiger partial charge in [-0.2, -0.15) is 11.1 Å². The fraction of sp³-hybridized carbons (Fsp3) is 0.188. The Morgan fingerprint density at radius 1 is 1.29 bits per heavy atom. The van der Waals surface area contributed by atoms with E-state index < -0.39 is 7.38 Å². The van der Waals surface area contributed by atoms with Gasteiger partial charge in [0.25, 0.3) is 0 Å². The second kappa shape index (κ2) is 6.70. The van der Waals surface area contributed by atoms with E-state index in [2.05, 4.69) is 49.4 Å². The molecule has 1 atom stereocenters. The van der Waals surface area contributed by atoms with Crippen LogP contribution in [0.1, 0.15) is 18.9 Å². The monoisotopic (exact) mass is 387 g/mol. The first-order valence-corrected chi connectivity index (χ1v) is 9.76. The summed E-state index contributed by atoms with van der Waals surface area (Å²) in [5.74, 6) is 0. The average molecular weight is 389 g/mol. The molecule has 1 heterocycles. The van der Waals surface area contributed by atoms with Crippen molar-refractivity contribution in [2.45, 2.75) is 19.4 Å². The molecule has 0 fully saturated rings. The molecule has 0 nitrogen and oxygen atoms in total. The molecular weight excluding hydrogens is 374 g/mol. The molecule has 1 unspecified atom stereocenters. The van der Waals surface area contributed by atoms with Gasteiger partial charge in [0.05, 0.1) is 0 Å². The van der Waals surface area contributed by atoms with Crippen molar-refractivity contribution in [3.8, 4) is 0 Å². The number of halogens is 3. The Balaban J connectivity index is 0.000000735. The molecule has 0 aromatic heterocycles. The molecule has 2 aromatic carbocycles. The van der Waals surface area contributed by atoms with Crippen LogP contribution < -0.4 is 35.2 Å².